The maximum Gasteiger partial charge on any atom is 0.0713 e. The van der Waals surface area contributed by atoms with Crippen LogP contribution in [0.1, 0.15) is 44.5 Å². The number of hydrogen-bond acceptors (Lipinski definition) is 0. The second-order valence-corrected chi connectivity index (χ2v) is 20.0. The van der Waals surface area contributed by atoms with Gasteiger partial charge in [0.15, 0.2) is 0 Å². The molecule has 0 unspecified atom stereocenters. The first-order valence-corrected chi connectivity index (χ1v) is 26.0. The first kappa shape index (κ1) is 42.9. The highest BCUT2D eigenvalue weighted by atomic mass is 15.0. The standard InChI is InChI=1S/C73H48N2/c1-3-21-55(22-4-1)73(56-23-5-2-6-24-56)65-47-51(35-33-49-39-43-71-63(45-49)61-27-11-13-29-69(61)74(71)67-31-15-19-53-17-7-9-25-57(53)67)37-41-59(65)60-42-38-52(48-66(60)73)36-34-50-40-44-72-64(46-50)62-28-12-14-30-70(62)75(72)68-32-16-20-54-18-8-10-26-58(54)68/h1-48H. The number of benzene rings is 12. The highest BCUT2D eigenvalue weighted by Crippen LogP contribution is 2.56. The minimum atomic E-state index is -0.550. The molecule has 1 aliphatic carbocycles. The molecule has 0 spiro atoms. The summed E-state index contributed by atoms with van der Waals surface area (Å²) in [5.41, 5.74) is 18.9. The van der Waals surface area contributed by atoms with Gasteiger partial charge < -0.3 is 9.13 Å². The van der Waals surface area contributed by atoms with Crippen LogP contribution in [0.2, 0.25) is 0 Å². The molecule has 350 valence electrons. The third-order valence-corrected chi connectivity index (χ3v) is 15.9. The van der Waals surface area contributed by atoms with Gasteiger partial charge in [0.25, 0.3) is 0 Å². The van der Waals surface area contributed by atoms with Crippen LogP contribution >= 0.6 is 0 Å². The highest BCUT2D eigenvalue weighted by molar-refractivity contribution is 6.13. The third kappa shape index (κ3) is 6.73. The Balaban J connectivity index is 0.824. The summed E-state index contributed by atoms with van der Waals surface area (Å²) in [6, 6.07) is 98.4. The third-order valence-electron chi connectivity index (χ3n) is 15.9. The second kappa shape index (κ2) is 17.2. The average Bonchev–Trinajstić information content (AvgIpc) is 4.09. The molecule has 0 aliphatic heterocycles. The lowest BCUT2D eigenvalue weighted by molar-refractivity contribution is 0.768. The average molecular weight is 953 g/mol. The van der Waals surface area contributed by atoms with E-state index in [4.69, 9.17) is 0 Å². The minimum Gasteiger partial charge on any atom is -0.309 e. The zero-order chi connectivity index (χ0) is 49.5. The van der Waals surface area contributed by atoms with Gasteiger partial charge in [0.1, 0.15) is 0 Å². The van der Waals surface area contributed by atoms with E-state index in [2.05, 4.69) is 300 Å². The normalized spacial score (nSPS) is 13.1. The summed E-state index contributed by atoms with van der Waals surface area (Å²) in [5, 5.41) is 9.94. The van der Waals surface area contributed by atoms with Crippen molar-refractivity contribution in [1.29, 1.82) is 0 Å². The molecule has 2 aromatic heterocycles. The topological polar surface area (TPSA) is 9.86 Å². The summed E-state index contributed by atoms with van der Waals surface area (Å²) in [6.45, 7) is 0. The minimum absolute atomic E-state index is 0.550. The van der Waals surface area contributed by atoms with Crippen LogP contribution in [0.5, 0.6) is 0 Å². The van der Waals surface area contributed by atoms with Gasteiger partial charge in [-0.3, -0.25) is 0 Å². The van der Waals surface area contributed by atoms with Crippen LogP contribution < -0.4 is 0 Å². The van der Waals surface area contributed by atoms with Gasteiger partial charge in [-0.1, -0.05) is 231 Å². The zero-order valence-corrected chi connectivity index (χ0v) is 41.1. The Labute approximate surface area is 435 Å². The van der Waals surface area contributed by atoms with E-state index in [0.29, 0.717) is 0 Å². The molecule has 2 heteroatoms. The second-order valence-electron chi connectivity index (χ2n) is 20.0. The van der Waals surface area contributed by atoms with Gasteiger partial charge in [0.05, 0.1) is 38.9 Å². The van der Waals surface area contributed by atoms with E-state index in [0.717, 1.165) is 22.3 Å². The van der Waals surface area contributed by atoms with Crippen molar-refractivity contribution in [3.8, 4) is 22.5 Å². The Morgan fingerprint density at radius 1 is 0.253 bits per heavy atom. The summed E-state index contributed by atoms with van der Waals surface area (Å²) in [6.07, 6.45) is 9.14. The molecule has 0 saturated carbocycles. The van der Waals surface area contributed by atoms with Gasteiger partial charge in [-0.25, -0.2) is 0 Å². The van der Waals surface area contributed by atoms with Gasteiger partial charge in [0, 0.05) is 32.3 Å². The summed E-state index contributed by atoms with van der Waals surface area (Å²) in [4.78, 5) is 0. The fraction of sp³-hybridized carbons (Fsp3) is 0.0137. The predicted molar refractivity (Wildman–Crippen MR) is 318 cm³/mol. The number of nitrogens with zero attached hydrogens (tertiary/aromatic N) is 2. The number of para-hydroxylation sites is 2. The number of hydrogen-bond donors (Lipinski definition) is 0. The zero-order valence-electron chi connectivity index (χ0n) is 41.1. The maximum absolute atomic E-state index is 2.44. The summed E-state index contributed by atoms with van der Waals surface area (Å²) >= 11 is 0. The molecule has 2 nitrogen and oxygen atoms in total. The van der Waals surface area contributed by atoms with Crippen molar-refractivity contribution in [2.75, 3.05) is 0 Å². The SMILES string of the molecule is C(=Cc1ccc2c(c1)c1ccccc1n2-c1cccc2ccccc12)c1ccc2c(c1)C(c1ccccc1)(c1ccccc1)c1cc(C=Cc3ccc4c(c3)c3ccccc3n4-c3cccc4ccccc34)ccc1-2. The van der Waals surface area contributed by atoms with E-state index >= 15 is 0 Å². The Morgan fingerprint density at radius 2 is 0.600 bits per heavy atom. The van der Waals surface area contributed by atoms with Crippen LogP contribution in [0.25, 0.3) is 112 Å². The summed E-state index contributed by atoms with van der Waals surface area (Å²) in [7, 11) is 0. The lowest BCUT2D eigenvalue weighted by Gasteiger charge is -2.34. The van der Waals surface area contributed by atoms with Gasteiger partial charge in [-0.05, 0) is 127 Å². The molecule has 15 rings (SSSR count). The van der Waals surface area contributed by atoms with Gasteiger partial charge >= 0.3 is 0 Å². The summed E-state index contributed by atoms with van der Waals surface area (Å²) in [5.74, 6) is 0. The molecule has 0 atom stereocenters. The molecular weight excluding hydrogens is 905 g/mol. The molecule has 0 radical (unpaired) electrons. The van der Waals surface area contributed by atoms with E-state index in [1.165, 1.54) is 110 Å². The van der Waals surface area contributed by atoms with Crippen molar-refractivity contribution in [2.45, 2.75) is 5.41 Å². The molecule has 0 amide bonds. The number of aromatic nitrogens is 2. The van der Waals surface area contributed by atoms with E-state index < -0.39 is 5.41 Å². The fourth-order valence-corrected chi connectivity index (χ4v) is 12.6. The summed E-state index contributed by atoms with van der Waals surface area (Å²) < 4.78 is 4.86. The van der Waals surface area contributed by atoms with Crippen LogP contribution in [-0.4, -0.2) is 9.13 Å². The van der Waals surface area contributed by atoms with Crippen LogP contribution in [0, 0.1) is 0 Å². The Bertz CT molecular complexity index is 4330. The van der Waals surface area contributed by atoms with Crippen LogP contribution in [0.15, 0.2) is 267 Å². The molecule has 75 heavy (non-hydrogen) atoms. The molecule has 12 aromatic carbocycles. The van der Waals surface area contributed by atoms with Gasteiger partial charge in [-0.2, -0.15) is 0 Å². The smallest absolute Gasteiger partial charge is 0.0713 e. The molecule has 0 bridgehead atoms. The molecule has 0 N–H and O–H groups in total. The van der Waals surface area contributed by atoms with Crippen molar-refractivity contribution >= 4 is 89.5 Å². The van der Waals surface area contributed by atoms with Crippen molar-refractivity contribution in [3.05, 3.63) is 311 Å². The Hall–Kier alpha value is -9.76. The van der Waals surface area contributed by atoms with E-state index in [1.807, 2.05) is 0 Å². The fourth-order valence-electron chi connectivity index (χ4n) is 12.6. The number of fused-ring (bicyclic) bond motifs is 11. The van der Waals surface area contributed by atoms with E-state index in [-0.39, 0.29) is 0 Å². The molecule has 0 fully saturated rings. The maximum atomic E-state index is 2.44. The highest BCUT2D eigenvalue weighted by Gasteiger charge is 2.46. The largest absolute Gasteiger partial charge is 0.309 e. The van der Waals surface area contributed by atoms with Gasteiger partial charge in [-0.15, -0.1) is 0 Å². The Morgan fingerprint density at radius 3 is 1.05 bits per heavy atom. The van der Waals surface area contributed by atoms with Gasteiger partial charge in [0.2, 0.25) is 0 Å². The lowest BCUT2D eigenvalue weighted by atomic mass is 9.67. The number of rotatable bonds is 8. The van der Waals surface area contributed by atoms with Crippen molar-refractivity contribution in [3.63, 3.8) is 0 Å². The molecule has 2 heterocycles. The molecular formula is C73H48N2. The quantitative estimate of drug-likeness (QED) is 0.134. The molecule has 1 aliphatic rings. The first-order chi connectivity index (χ1) is 37.2. The van der Waals surface area contributed by atoms with E-state index in [9.17, 15) is 0 Å². The van der Waals surface area contributed by atoms with Crippen LogP contribution in [0.4, 0.5) is 0 Å². The van der Waals surface area contributed by atoms with Crippen molar-refractivity contribution in [2.24, 2.45) is 0 Å². The monoisotopic (exact) mass is 952 g/mol. The van der Waals surface area contributed by atoms with Crippen molar-refractivity contribution < 1.29 is 0 Å². The Kier molecular flexibility index (Phi) is 9.83. The predicted octanol–water partition coefficient (Wildman–Crippen LogP) is 18.9. The lowest BCUT2D eigenvalue weighted by Crippen LogP contribution is -2.28. The van der Waals surface area contributed by atoms with Crippen molar-refractivity contribution in [1.82, 2.24) is 9.13 Å². The molecule has 0 saturated heterocycles. The van der Waals surface area contributed by atoms with Crippen LogP contribution in [-0.2, 0) is 5.41 Å². The van der Waals surface area contributed by atoms with E-state index in [1.54, 1.807) is 0 Å². The first-order valence-electron chi connectivity index (χ1n) is 26.0. The van der Waals surface area contributed by atoms with Crippen LogP contribution in [0.3, 0.4) is 0 Å². The molecule has 14 aromatic rings.